The molecular formula is C23H18ClNO5S. The van der Waals surface area contributed by atoms with E-state index in [1.807, 2.05) is 17.5 Å². The molecule has 8 heteroatoms. The number of hydrogen-bond donors (Lipinski definition) is 1. The summed E-state index contributed by atoms with van der Waals surface area (Å²) in [6.07, 6.45) is 0. The van der Waals surface area contributed by atoms with Crippen LogP contribution in [0.25, 0.3) is 5.76 Å². The number of ether oxygens (including phenoxy) is 2. The van der Waals surface area contributed by atoms with Gasteiger partial charge < -0.3 is 14.6 Å². The summed E-state index contributed by atoms with van der Waals surface area (Å²) >= 11 is 7.39. The molecule has 1 atom stereocenters. The van der Waals surface area contributed by atoms with Crippen molar-refractivity contribution in [2.75, 3.05) is 19.1 Å². The molecule has 1 saturated heterocycles. The van der Waals surface area contributed by atoms with Crippen LogP contribution in [0.3, 0.4) is 0 Å². The van der Waals surface area contributed by atoms with E-state index >= 15 is 0 Å². The van der Waals surface area contributed by atoms with Crippen molar-refractivity contribution in [2.24, 2.45) is 0 Å². The van der Waals surface area contributed by atoms with Gasteiger partial charge in [0.15, 0.2) is 11.5 Å². The van der Waals surface area contributed by atoms with Crippen LogP contribution in [0.4, 0.5) is 5.69 Å². The molecule has 1 fully saturated rings. The Morgan fingerprint density at radius 3 is 2.35 bits per heavy atom. The molecule has 2 aromatic carbocycles. The number of rotatable bonds is 5. The molecule has 1 amide bonds. The van der Waals surface area contributed by atoms with Crippen molar-refractivity contribution < 1.29 is 24.2 Å². The quantitative estimate of drug-likeness (QED) is 0.331. The SMILES string of the molecule is COc1ccc(/C(O)=C2/C(=O)C(=O)N(c3ccc(Cl)cc3)C2c2cccs2)cc1OC. The maximum atomic E-state index is 13.1. The van der Waals surface area contributed by atoms with Gasteiger partial charge in [0.2, 0.25) is 0 Å². The Hall–Kier alpha value is -3.29. The number of aliphatic hydroxyl groups excluding tert-OH is 1. The summed E-state index contributed by atoms with van der Waals surface area (Å²) in [5.41, 5.74) is 0.860. The first kappa shape index (κ1) is 21.0. The molecule has 3 aromatic rings. The van der Waals surface area contributed by atoms with Gasteiger partial charge in [0.05, 0.1) is 19.8 Å². The molecule has 1 unspecified atom stereocenters. The second-order valence-electron chi connectivity index (χ2n) is 6.73. The van der Waals surface area contributed by atoms with Crippen LogP contribution in [0.2, 0.25) is 5.02 Å². The standard InChI is InChI=1S/C23H18ClNO5S/c1-29-16-10-5-13(12-17(16)30-2)21(26)19-20(18-4-3-11-31-18)25(23(28)22(19)27)15-8-6-14(24)7-9-15/h3-12,20,26H,1-2H3/b21-19-. The highest BCUT2D eigenvalue weighted by Crippen LogP contribution is 2.44. The first-order chi connectivity index (χ1) is 15.0. The van der Waals surface area contributed by atoms with Gasteiger partial charge in [-0.1, -0.05) is 17.7 Å². The monoisotopic (exact) mass is 455 g/mol. The van der Waals surface area contributed by atoms with Crippen LogP contribution in [-0.4, -0.2) is 31.0 Å². The number of ketones is 1. The fraction of sp³-hybridized carbons (Fsp3) is 0.130. The smallest absolute Gasteiger partial charge is 0.300 e. The molecule has 0 radical (unpaired) electrons. The van der Waals surface area contributed by atoms with Crippen molar-refractivity contribution >= 4 is 46.1 Å². The summed E-state index contributed by atoms with van der Waals surface area (Å²) in [5, 5.41) is 13.5. The summed E-state index contributed by atoms with van der Waals surface area (Å²) in [6, 6.07) is 14.3. The Morgan fingerprint density at radius 2 is 1.74 bits per heavy atom. The topological polar surface area (TPSA) is 76.1 Å². The lowest BCUT2D eigenvalue weighted by Crippen LogP contribution is -2.29. The lowest BCUT2D eigenvalue weighted by molar-refractivity contribution is -0.132. The second kappa shape index (κ2) is 8.45. The number of amides is 1. The van der Waals surface area contributed by atoms with Gasteiger partial charge in [0.1, 0.15) is 11.8 Å². The van der Waals surface area contributed by atoms with E-state index in [4.69, 9.17) is 21.1 Å². The van der Waals surface area contributed by atoms with E-state index in [2.05, 4.69) is 0 Å². The molecule has 1 N–H and O–H groups in total. The molecule has 4 rings (SSSR count). The van der Waals surface area contributed by atoms with Crippen LogP contribution in [-0.2, 0) is 9.59 Å². The van der Waals surface area contributed by atoms with Gasteiger partial charge in [-0.05, 0) is 53.9 Å². The number of thiophene rings is 1. The zero-order valence-electron chi connectivity index (χ0n) is 16.7. The Bertz CT molecular complexity index is 1170. The zero-order chi connectivity index (χ0) is 22.1. The summed E-state index contributed by atoms with van der Waals surface area (Å²) in [7, 11) is 2.98. The Kier molecular flexibility index (Phi) is 5.71. The highest BCUT2D eigenvalue weighted by atomic mass is 35.5. The molecule has 2 heterocycles. The van der Waals surface area contributed by atoms with Gasteiger partial charge >= 0.3 is 0 Å². The summed E-state index contributed by atoms with van der Waals surface area (Å²) in [5.74, 6) is -0.890. The van der Waals surface area contributed by atoms with Crippen LogP contribution >= 0.6 is 22.9 Å². The number of anilines is 1. The van der Waals surface area contributed by atoms with Crippen molar-refractivity contribution in [3.05, 3.63) is 81.0 Å². The maximum Gasteiger partial charge on any atom is 0.300 e. The highest BCUT2D eigenvalue weighted by molar-refractivity contribution is 7.10. The van der Waals surface area contributed by atoms with Gasteiger partial charge in [-0.25, -0.2) is 0 Å². The Morgan fingerprint density at radius 1 is 1.03 bits per heavy atom. The third-order valence-electron chi connectivity index (χ3n) is 5.02. The molecule has 1 aliphatic rings. The van der Waals surface area contributed by atoms with E-state index < -0.39 is 17.7 Å². The molecule has 0 saturated carbocycles. The average Bonchev–Trinajstić information content (AvgIpc) is 3.40. The van der Waals surface area contributed by atoms with Crippen molar-refractivity contribution in [3.8, 4) is 11.5 Å². The average molecular weight is 456 g/mol. The van der Waals surface area contributed by atoms with Crippen LogP contribution in [0.5, 0.6) is 11.5 Å². The number of benzene rings is 2. The third kappa shape index (κ3) is 3.66. The minimum atomic E-state index is -0.769. The minimum Gasteiger partial charge on any atom is -0.507 e. The number of carbonyl (C=O) groups excluding carboxylic acids is 2. The molecule has 0 aliphatic carbocycles. The van der Waals surface area contributed by atoms with E-state index in [1.54, 1.807) is 42.5 Å². The van der Waals surface area contributed by atoms with Gasteiger partial charge in [0, 0.05) is 21.2 Å². The predicted octanol–water partition coefficient (Wildman–Crippen LogP) is 5.05. The van der Waals surface area contributed by atoms with Crippen LogP contribution < -0.4 is 14.4 Å². The van der Waals surface area contributed by atoms with Gasteiger partial charge in [-0.2, -0.15) is 0 Å². The number of nitrogens with zero attached hydrogens (tertiary/aromatic N) is 1. The van der Waals surface area contributed by atoms with Crippen LogP contribution in [0, 0.1) is 0 Å². The number of Topliss-reactive ketones (excluding diaryl/α,β-unsaturated/α-hetero) is 1. The first-order valence-electron chi connectivity index (χ1n) is 9.28. The van der Waals surface area contributed by atoms with Crippen molar-refractivity contribution in [2.45, 2.75) is 6.04 Å². The Balaban J connectivity index is 1.90. The summed E-state index contributed by atoms with van der Waals surface area (Å²) in [4.78, 5) is 28.2. The van der Waals surface area contributed by atoms with Crippen LogP contribution in [0.1, 0.15) is 16.5 Å². The van der Waals surface area contributed by atoms with Crippen LogP contribution in [0.15, 0.2) is 65.6 Å². The molecule has 1 aliphatic heterocycles. The predicted molar refractivity (Wildman–Crippen MR) is 120 cm³/mol. The van der Waals surface area contributed by atoms with Gasteiger partial charge in [0.25, 0.3) is 11.7 Å². The third-order valence-corrected chi connectivity index (χ3v) is 6.20. The van der Waals surface area contributed by atoms with E-state index in [1.165, 1.54) is 30.5 Å². The fourth-order valence-electron chi connectivity index (χ4n) is 3.56. The summed E-state index contributed by atoms with van der Waals surface area (Å²) in [6.45, 7) is 0. The highest BCUT2D eigenvalue weighted by Gasteiger charge is 2.47. The largest absolute Gasteiger partial charge is 0.507 e. The fourth-order valence-corrected chi connectivity index (χ4v) is 4.51. The molecule has 31 heavy (non-hydrogen) atoms. The number of methoxy groups -OCH3 is 2. The Labute approximate surface area is 187 Å². The second-order valence-corrected chi connectivity index (χ2v) is 8.15. The lowest BCUT2D eigenvalue weighted by atomic mass is 9.99. The van der Waals surface area contributed by atoms with Gasteiger partial charge in [-0.3, -0.25) is 14.5 Å². The lowest BCUT2D eigenvalue weighted by Gasteiger charge is -2.24. The molecule has 0 bridgehead atoms. The summed E-state index contributed by atoms with van der Waals surface area (Å²) < 4.78 is 10.5. The zero-order valence-corrected chi connectivity index (χ0v) is 18.2. The van der Waals surface area contributed by atoms with Crippen molar-refractivity contribution in [3.63, 3.8) is 0 Å². The van der Waals surface area contributed by atoms with E-state index in [0.717, 1.165) is 4.88 Å². The number of halogens is 1. The van der Waals surface area contributed by atoms with E-state index in [0.29, 0.717) is 27.8 Å². The first-order valence-corrected chi connectivity index (χ1v) is 10.5. The van der Waals surface area contributed by atoms with Gasteiger partial charge in [-0.15, -0.1) is 11.3 Å². The molecule has 158 valence electrons. The maximum absolute atomic E-state index is 13.1. The molecule has 0 spiro atoms. The number of carbonyl (C=O) groups is 2. The number of hydrogen-bond acceptors (Lipinski definition) is 6. The normalized spacial score (nSPS) is 17.8. The minimum absolute atomic E-state index is 0.00891. The van der Waals surface area contributed by atoms with E-state index in [-0.39, 0.29) is 11.3 Å². The van der Waals surface area contributed by atoms with Crippen molar-refractivity contribution in [1.82, 2.24) is 0 Å². The molecule has 1 aromatic heterocycles. The number of aliphatic hydroxyl groups is 1. The molecule has 6 nitrogen and oxygen atoms in total. The van der Waals surface area contributed by atoms with Crippen molar-refractivity contribution in [1.29, 1.82) is 0 Å². The van der Waals surface area contributed by atoms with E-state index in [9.17, 15) is 14.7 Å². The molecular weight excluding hydrogens is 438 g/mol.